The Hall–Kier alpha value is -3.21. The molecule has 0 atom stereocenters. The molecule has 0 aliphatic carbocycles. The van der Waals surface area contributed by atoms with Gasteiger partial charge in [-0.15, -0.1) is 0 Å². The average molecular weight is 515 g/mol. The van der Waals surface area contributed by atoms with Gasteiger partial charge >= 0.3 is 5.97 Å². The smallest absolute Gasteiger partial charge is 0.338 e. The zero-order valence-corrected chi connectivity index (χ0v) is 18.8. The second-order valence-electron chi connectivity index (χ2n) is 6.51. The molecule has 0 heterocycles. The molecule has 0 radical (unpaired) electrons. The van der Waals surface area contributed by atoms with Crippen molar-refractivity contribution in [2.45, 2.75) is 4.90 Å². The van der Waals surface area contributed by atoms with Crippen molar-refractivity contribution in [3.8, 4) is 0 Å². The van der Waals surface area contributed by atoms with Crippen LogP contribution in [0.4, 0.5) is 20.2 Å². The van der Waals surface area contributed by atoms with Crippen molar-refractivity contribution >= 4 is 56.5 Å². The van der Waals surface area contributed by atoms with E-state index in [2.05, 4.69) is 10.0 Å². The molecule has 0 aromatic heterocycles. The number of sulfonamides is 1. The zero-order chi connectivity index (χ0) is 24.2. The van der Waals surface area contributed by atoms with Crippen LogP contribution >= 0.6 is 23.2 Å². The van der Waals surface area contributed by atoms with Gasteiger partial charge in [-0.25, -0.2) is 22.0 Å². The summed E-state index contributed by atoms with van der Waals surface area (Å²) in [7, 11) is -4.26. The fourth-order valence-corrected chi connectivity index (χ4v) is 3.96. The van der Waals surface area contributed by atoms with Crippen LogP contribution in [0.3, 0.4) is 0 Å². The van der Waals surface area contributed by atoms with Gasteiger partial charge in [-0.1, -0.05) is 29.3 Å². The number of esters is 1. The minimum Gasteiger partial charge on any atom is -0.452 e. The van der Waals surface area contributed by atoms with E-state index >= 15 is 0 Å². The van der Waals surface area contributed by atoms with Gasteiger partial charge in [0.2, 0.25) is 0 Å². The largest absolute Gasteiger partial charge is 0.452 e. The third kappa shape index (κ3) is 6.41. The second-order valence-corrected chi connectivity index (χ2v) is 9.04. The minimum absolute atomic E-state index is 0.0376. The van der Waals surface area contributed by atoms with Gasteiger partial charge in [0.25, 0.3) is 15.9 Å². The van der Waals surface area contributed by atoms with Crippen LogP contribution in [0.25, 0.3) is 0 Å². The molecule has 0 saturated carbocycles. The normalized spacial score (nSPS) is 11.0. The van der Waals surface area contributed by atoms with Crippen molar-refractivity contribution in [3.05, 3.63) is 87.9 Å². The molecule has 0 saturated heterocycles. The fraction of sp³-hybridized carbons (Fsp3) is 0.0476. The Bertz CT molecular complexity index is 1340. The number of carbonyl (C=O) groups is 2. The van der Waals surface area contributed by atoms with Crippen LogP contribution in [0, 0.1) is 11.6 Å². The van der Waals surface area contributed by atoms with Gasteiger partial charge in [-0.3, -0.25) is 9.52 Å². The summed E-state index contributed by atoms with van der Waals surface area (Å²) in [5.74, 6) is -4.10. The lowest BCUT2D eigenvalue weighted by Gasteiger charge is -2.10. The van der Waals surface area contributed by atoms with Gasteiger partial charge in [0.15, 0.2) is 18.2 Å². The topological polar surface area (TPSA) is 102 Å². The van der Waals surface area contributed by atoms with E-state index in [0.29, 0.717) is 17.2 Å². The molecule has 1 amide bonds. The van der Waals surface area contributed by atoms with E-state index in [9.17, 15) is 26.8 Å². The molecule has 12 heteroatoms. The Morgan fingerprint density at radius 3 is 2.42 bits per heavy atom. The molecular formula is C21H14Cl2F2N2O5S. The van der Waals surface area contributed by atoms with Crippen LogP contribution in [0.1, 0.15) is 10.4 Å². The maximum Gasteiger partial charge on any atom is 0.338 e. The summed E-state index contributed by atoms with van der Waals surface area (Å²) in [4.78, 5) is 23.8. The van der Waals surface area contributed by atoms with E-state index < -0.39 is 45.0 Å². The zero-order valence-electron chi connectivity index (χ0n) is 16.4. The highest BCUT2D eigenvalue weighted by molar-refractivity contribution is 7.92. The number of halogens is 4. The van der Waals surface area contributed by atoms with Crippen molar-refractivity contribution in [2.24, 2.45) is 0 Å². The highest BCUT2D eigenvalue weighted by Gasteiger charge is 2.18. The molecule has 0 bridgehead atoms. The Morgan fingerprint density at radius 1 is 0.939 bits per heavy atom. The predicted octanol–water partition coefficient (Wildman–Crippen LogP) is 4.87. The SMILES string of the molecule is O=C(COC(=O)c1cccc(NS(=O)(=O)c2ccc(F)c(F)c2)c1)Nc1cc(Cl)ccc1Cl. The van der Waals surface area contributed by atoms with E-state index in [1.165, 1.54) is 36.4 Å². The van der Waals surface area contributed by atoms with Gasteiger partial charge in [-0.05, 0) is 54.6 Å². The highest BCUT2D eigenvalue weighted by Crippen LogP contribution is 2.25. The molecule has 0 aliphatic rings. The van der Waals surface area contributed by atoms with Gasteiger partial charge in [0.05, 0.1) is 21.2 Å². The van der Waals surface area contributed by atoms with Gasteiger partial charge in [-0.2, -0.15) is 0 Å². The summed E-state index contributed by atoms with van der Waals surface area (Å²) in [5.41, 5.74) is 0.136. The predicted molar refractivity (Wildman–Crippen MR) is 119 cm³/mol. The number of ether oxygens (including phenoxy) is 1. The molecular weight excluding hydrogens is 501 g/mol. The number of hydrogen-bond acceptors (Lipinski definition) is 5. The first-order valence-electron chi connectivity index (χ1n) is 9.05. The van der Waals surface area contributed by atoms with E-state index in [1.807, 2.05) is 0 Å². The van der Waals surface area contributed by atoms with Crippen molar-refractivity contribution in [1.29, 1.82) is 0 Å². The van der Waals surface area contributed by atoms with E-state index in [4.69, 9.17) is 27.9 Å². The molecule has 0 aliphatic heterocycles. The lowest BCUT2D eigenvalue weighted by molar-refractivity contribution is -0.119. The number of hydrogen-bond donors (Lipinski definition) is 2. The molecule has 2 N–H and O–H groups in total. The van der Waals surface area contributed by atoms with E-state index in [-0.39, 0.29) is 22.0 Å². The number of benzene rings is 3. The number of amides is 1. The average Bonchev–Trinajstić information content (AvgIpc) is 2.76. The van der Waals surface area contributed by atoms with Crippen LogP contribution in [-0.4, -0.2) is 26.9 Å². The van der Waals surface area contributed by atoms with Gasteiger partial charge < -0.3 is 10.1 Å². The third-order valence-electron chi connectivity index (χ3n) is 4.09. The van der Waals surface area contributed by atoms with Crippen LogP contribution in [0.5, 0.6) is 0 Å². The molecule has 7 nitrogen and oxygen atoms in total. The molecule has 0 unspecified atom stereocenters. The summed E-state index contributed by atoms with van der Waals surface area (Å²) in [6.45, 7) is -0.646. The molecule has 0 fully saturated rings. The lowest BCUT2D eigenvalue weighted by Crippen LogP contribution is -2.21. The van der Waals surface area contributed by atoms with Gasteiger partial charge in [0, 0.05) is 10.7 Å². The molecule has 3 rings (SSSR count). The summed E-state index contributed by atoms with van der Waals surface area (Å²) in [6.07, 6.45) is 0. The Balaban J connectivity index is 1.65. The van der Waals surface area contributed by atoms with Crippen LogP contribution in [0.15, 0.2) is 65.6 Å². The van der Waals surface area contributed by atoms with Gasteiger partial charge in [0.1, 0.15) is 0 Å². The van der Waals surface area contributed by atoms with E-state index in [1.54, 1.807) is 0 Å². The summed E-state index contributed by atoms with van der Waals surface area (Å²) >= 11 is 11.8. The maximum absolute atomic E-state index is 13.4. The summed E-state index contributed by atoms with van der Waals surface area (Å²) in [6, 6.07) is 11.7. The molecule has 172 valence electrons. The molecule has 3 aromatic rings. The maximum atomic E-state index is 13.4. The lowest BCUT2D eigenvalue weighted by atomic mass is 10.2. The summed E-state index contributed by atoms with van der Waals surface area (Å²) < 4.78 is 58.3. The third-order valence-corrected chi connectivity index (χ3v) is 6.03. The Kier molecular flexibility index (Phi) is 7.52. The Labute approximate surface area is 197 Å². The number of rotatable bonds is 7. The first-order chi connectivity index (χ1) is 15.5. The summed E-state index contributed by atoms with van der Waals surface area (Å²) in [5, 5.41) is 3.02. The monoisotopic (exact) mass is 514 g/mol. The Morgan fingerprint density at radius 2 is 1.70 bits per heavy atom. The van der Waals surface area contributed by atoms with Crippen LogP contribution < -0.4 is 10.0 Å². The van der Waals surface area contributed by atoms with Crippen molar-refractivity contribution in [3.63, 3.8) is 0 Å². The number of carbonyl (C=O) groups excluding carboxylic acids is 2. The molecule has 33 heavy (non-hydrogen) atoms. The van der Waals surface area contributed by atoms with Crippen LogP contribution in [0.2, 0.25) is 10.0 Å². The standard InChI is InChI=1S/C21H14Cl2F2N2O5S/c22-13-4-6-16(23)19(9-13)26-20(28)11-32-21(29)12-2-1-3-14(8-12)27-33(30,31)15-5-7-17(24)18(25)10-15/h1-10,27H,11H2,(H,26,28). The van der Waals surface area contributed by atoms with Crippen molar-refractivity contribution in [2.75, 3.05) is 16.6 Å². The minimum atomic E-state index is -4.26. The number of nitrogens with one attached hydrogen (secondary N) is 2. The molecule has 3 aromatic carbocycles. The second kappa shape index (κ2) is 10.2. The first-order valence-corrected chi connectivity index (χ1v) is 11.3. The van der Waals surface area contributed by atoms with Crippen LogP contribution in [-0.2, 0) is 19.6 Å². The van der Waals surface area contributed by atoms with E-state index in [0.717, 1.165) is 12.1 Å². The molecule has 0 spiro atoms. The van der Waals surface area contributed by atoms with Crippen molar-refractivity contribution in [1.82, 2.24) is 0 Å². The highest BCUT2D eigenvalue weighted by atomic mass is 35.5. The fourth-order valence-electron chi connectivity index (χ4n) is 2.56. The quantitative estimate of drug-likeness (QED) is 0.438. The number of anilines is 2. The van der Waals surface area contributed by atoms with Crippen molar-refractivity contribution < 1.29 is 31.5 Å². The first kappa shape index (κ1) is 24.4.